The molecule has 31 heavy (non-hydrogen) atoms. The Kier molecular flexibility index (Phi) is 8.88. The zero-order valence-corrected chi connectivity index (χ0v) is 19.4. The molecule has 0 saturated heterocycles. The van der Waals surface area contributed by atoms with Crippen LogP contribution in [0.25, 0.3) is 0 Å². The van der Waals surface area contributed by atoms with Crippen molar-refractivity contribution in [1.29, 1.82) is 0 Å². The molecule has 0 fully saturated rings. The van der Waals surface area contributed by atoms with Crippen molar-refractivity contribution in [2.24, 2.45) is 0 Å². The third-order valence-corrected chi connectivity index (χ3v) is 5.26. The van der Waals surface area contributed by atoms with Crippen LogP contribution in [-0.2, 0) is 11.3 Å². The van der Waals surface area contributed by atoms with Crippen LogP contribution in [-0.4, -0.2) is 57.6 Å². The third kappa shape index (κ3) is 6.46. The Morgan fingerprint density at radius 3 is 2.13 bits per heavy atom. The normalized spacial score (nSPS) is 11.5. The molecule has 2 N–H and O–H groups in total. The fourth-order valence-electron chi connectivity index (χ4n) is 3.47. The van der Waals surface area contributed by atoms with Gasteiger partial charge in [-0.15, -0.1) is 0 Å². The lowest BCUT2D eigenvalue weighted by molar-refractivity contribution is -0.885. The van der Waals surface area contributed by atoms with Gasteiger partial charge in [0.05, 0.1) is 21.3 Å². The number of benzene rings is 2. The molecule has 7 nitrogen and oxygen atoms in total. The quantitative estimate of drug-likeness (QED) is 0.608. The first-order chi connectivity index (χ1) is 14.8. The lowest BCUT2D eigenvalue weighted by Crippen LogP contribution is -3.08. The van der Waals surface area contributed by atoms with Crippen LogP contribution >= 0.6 is 0 Å². The molecule has 0 aliphatic rings. The molecular weight excluding hydrogens is 394 g/mol. The van der Waals surface area contributed by atoms with E-state index in [4.69, 9.17) is 9.47 Å². The van der Waals surface area contributed by atoms with Crippen molar-refractivity contribution < 1.29 is 24.0 Å². The summed E-state index contributed by atoms with van der Waals surface area (Å²) in [5.74, 6) is 1.29. The predicted octanol–water partition coefficient (Wildman–Crippen LogP) is 2.15. The molecule has 0 radical (unpaired) electrons. The zero-order valence-electron chi connectivity index (χ0n) is 19.4. The minimum Gasteiger partial charge on any atom is -0.493 e. The number of nitrogens with zero attached hydrogens (tertiary/aromatic N) is 1. The van der Waals surface area contributed by atoms with Gasteiger partial charge in [0.1, 0.15) is 6.54 Å². The van der Waals surface area contributed by atoms with E-state index in [9.17, 15) is 9.59 Å². The Hall–Kier alpha value is -3.06. The second-order valence-electron chi connectivity index (χ2n) is 7.55. The van der Waals surface area contributed by atoms with E-state index in [1.807, 2.05) is 40.0 Å². The molecule has 168 valence electrons. The van der Waals surface area contributed by atoms with E-state index < -0.39 is 0 Å². The van der Waals surface area contributed by atoms with Crippen LogP contribution < -0.4 is 19.7 Å². The Balaban J connectivity index is 1.96. The molecule has 2 aromatic rings. The number of amides is 2. The Labute approximate surface area is 184 Å². The number of rotatable bonds is 10. The highest BCUT2D eigenvalue weighted by Crippen LogP contribution is 2.29. The minimum atomic E-state index is -0.0848. The van der Waals surface area contributed by atoms with Crippen molar-refractivity contribution in [2.75, 3.05) is 46.2 Å². The predicted molar refractivity (Wildman–Crippen MR) is 122 cm³/mol. The number of nitrogens with one attached hydrogen (secondary N) is 2. The summed E-state index contributed by atoms with van der Waals surface area (Å²) in [5, 5.41) is 2.91. The van der Waals surface area contributed by atoms with Crippen LogP contribution in [0.1, 0.15) is 35.3 Å². The number of hydrogen-bond acceptors (Lipinski definition) is 4. The number of carbonyl (C=O) groups excluding carboxylic acids is 2. The average molecular weight is 429 g/mol. The number of likely N-dealkylation sites (N-methyl/N-ethyl adjacent to an activating group) is 1. The number of quaternary nitrogens is 1. The van der Waals surface area contributed by atoms with Gasteiger partial charge in [-0.2, -0.15) is 0 Å². The second-order valence-corrected chi connectivity index (χ2v) is 7.55. The van der Waals surface area contributed by atoms with E-state index >= 15 is 0 Å². The fraction of sp³-hybridized carbons (Fsp3) is 0.417. The van der Waals surface area contributed by atoms with Gasteiger partial charge in [0.2, 0.25) is 0 Å². The Morgan fingerprint density at radius 2 is 1.58 bits per heavy atom. The van der Waals surface area contributed by atoms with Crippen molar-refractivity contribution in [3.63, 3.8) is 0 Å². The van der Waals surface area contributed by atoms with Gasteiger partial charge in [-0.1, -0.05) is 0 Å². The maximum Gasteiger partial charge on any atom is 0.279 e. The summed E-state index contributed by atoms with van der Waals surface area (Å²) < 4.78 is 10.7. The van der Waals surface area contributed by atoms with Crippen LogP contribution in [0.4, 0.5) is 5.69 Å². The highest BCUT2D eigenvalue weighted by atomic mass is 16.5. The van der Waals surface area contributed by atoms with Gasteiger partial charge in [0, 0.05) is 29.9 Å². The molecule has 0 bridgehead atoms. The first kappa shape index (κ1) is 24.2. The lowest BCUT2D eigenvalue weighted by atomic mass is 10.1. The van der Waals surface area contributed by atoms with Crippen LogP contribution in [0, 0.1) is 6.92 Å². The highest BCUT2D eigenvalue weighted by molar-refractivity contribution is 5.96. The maximum absolute atomic E-state index is 12.5. The summed E-state index contributed by atoms with van der Waals surface area (Å²) in [6.07, 6.45) is 0. The monoisotopic (exact) mass is 428 g/mol. The number of ether oxygens (including phenoxy) is 2. The summed E-state index contributed by atoms with van der Waals surface area (Å²) in [4.78, 5) is 27.7. The van der Waals surface area contributed by atoms with Gasteiger partial charge in [-0.05, 0) is 62.7 Å². The largest absolute Gasteiger partial charge is 0.493 e. The van der Waals surface area contributed by atoms with Crippen molar-refractivity contribution in [2.45, 2.75) is 27.3 Å². The molecule has 0 spiro atoms. The van der Waals surface area contributed by atoms with E-state index in [0.717, 1.165) is 16.0 Å². The minimum absolute atomic E-state index is 0.00246. The molecular formula is C24H34N3O4+. The molecule has 7 heteroatoms. The van der Waals surface area contributed by atoms with E-state index in [-0.39, 0.29) is 11.8 Å². The summed E-state index contributed by atoms with van der Waals surface area (Å²) in [5.41, 5.74) is 3.48. The molecule has 0 saturated carbocycles. The van der Waals surface area contributed by atoms with Gasteiger partial charge in [0.25, 0.3) is 11.8 Å². The first-order valence-electron chi connectivity index (χ1n) is 10.5. The standard InChI is InChI=1S/C24H33N3O4/c1-7-27(8-2)24(29)18-9-11-20(12-10-18)25-23(28)16-26(4)15-19-14-22(31-6)21(30-5)13-17(19)3/h9-14H,7-8,15-16H2,1-6H3,(H,25,28)/p+1. The highest BCUT2D eigenvalue weighted by Gasteiger charge is 2.16. The van der Waals surface area contributed by atoms with E-state index in [1.54, 1.807) is 43.4 Å². The second kappa shape index (κ2) is 11.4. The molecule has 1 atom stereocenters. The third-order valence-electron chi connectivity index (χ3n) is 5.26. The van der Waals surface area contributed by atoms with E-state index in [0.29, 0.717) is 48.9 Å². The Bertz CT molecular complexity index is 892. The molecule has 2 aromatic carbocycles. The smallest absolute Gasteiger partial charge is 0.279 e. The van der Waals surface area contributed by atoms with Crippen LogP contribution in [0.2, 0.25) is 0 Å². The van der Waals surface area contributed by atoms with Crippen LogP contribution in [0.3, 0.4) is 0 Å². The number of anilines is 1. The van der Waals surface area contributed by atoms with Crippen molar-refractivity contribution in [1.82, 2.24) is 4.90 Å². The van der Waals surface area contributed by atoms with Gasteiger partial charge in [-0.3, -0.25) is 9.59 Å². The number of methoxy groups -OCH3 is 2. The summed E-state index contributed by atoms with van der Waals surface area (Å²) >= 11 is 0. The van der Waals surface area contributed by atoms with Crippen molar-refractivity contribution >= 4 is 17.5 Å². The number of carbonyl (C=O) groups is 2. The van der Waals surface area contributed by atoms with E-state index in [1.165, 1.54) is 0 Å². The molecule has 2 rings (SSSR count). The molecule has 0 aliphatic heterocycles. The van der Waals surface area contributed by atoms with Crippen molar-refractivity contribution in [3.8, 4) is 11.5 Å². The molecule has 0 aliphatic carbocycles. The fourth-order valence-corrected chi connectivity index (χ4v) is 3.47. The van der Waals surface area contributed by atoms with E-state index in [2.05, 4.69) is 5.32 Å². The topological polar surface area (TPSA) is 72.3 Å². The van der Waals surface area contributed by atoms with Gasteiger partial charge in [-0.25, -0.2) is 0 Å². The van der Waals surface area contributed by atoms with Crippen LogP contribution in [0.5, 0.6) is 11.5 Å². The summed E-state index contributed by atoms with van der Waals surface area (Å²) in [6.45, 7) is 8.26. The Morgan fingerprint density at radius 1 is 1.00 bits per heavy atom. The number of hydrogen-bond donors (Lipinski definition) is 2. The average Bonchev–Trinajstić information content (AvgIpc) is 2.75. The van der Waals surface area contributed by atoms with Gasteiger partial charge < -0.3 is 24.6 Å². The van der Waals surface area contributed by atoms with Gasteiger partial charge in [0.15, 0.2) is 18.0 Å². The first-order valence-corrected chi connectivity index (χ1v) is 10.5. The molecule has 2 amide bonds. The lowest BCUT2D eigenvalue weighted by Gasteiger charge is -2.19. The van der Waals surface area contributed by atoms with Gasteiger partial charge >= 0.3 is 0 Å². The summed E-state index contributed by atoms with van der Waals surface area (Å²) in [7, 11) is 5.20. The summed E-state index contributed by atoms with van der Waals surface area (Å²) in [6, 6.07) is 10.9. The molecule has 1 unspecified atom stereocenters. The zero-order chi connectivity index (χ0) is 23.0. The molecule has 0 heterocycles. The van der Waals surface area contributed by atoms with Crippen LogP contribution in [0.15, 0.2) is 36.4 Å². The molecule has 0 aromatic heterocycles. The van der Waals surface area contributed by atoms with Crippen molar-refractivity contribution in [3.05, 3.63) is 53.1 Å². The maximum atomic E-state index is 12.5. The number of aryl methyl sites for hydroxylation is 1. The SMILES string of the molecule is CCN(CC)C(=O)c1ccc(NC(=O)C[NH+](C)Cc2cc(OC)c(OC)cc2C)cc1.